The Morgan fingerprint density at radius 1 is 1.07 bits per heavy atom. The third-order valence-corrected chi connectivity index (χ3v) is 6.90. The smallest absolute Gasteiger partial charge is 0.335 e. The molecule has 9 heteroatoms. The molecule has 0 heterocycles. The van der Waals surface area contributed by atoms with Crippen LogP contribution in [-0.2, 0) is 31.0 Å². The number of hydrogen-bond donors (Lipinski definition) is 2. The summed E-state index contributed by atoms with van der Waals surface area (Å²) in [5, 5.41) is 12.1. The first-order valence-electron chi connectivity index (χ1n) is 9.51. The van der Waals surface area contributed by atoms with Crippen LogP contribution in [0.15, 0.2) is 48.5 Å². The van der Waals surface area contributed by atoms with E-state index >= 15 is 0 Å². The third kappa shape index (κ3) is 7.50. The van der Waals surface area contributed by atoms with Gasteiger partial charge in [0.1, 0.15) is 6.04 Å². The minimum absolute atomic E-state index is 0.0982. The molecule has 0 unspecified atom stereocenters. The Bertz CT molecular complexity index is 908. The van der Waals surface area contributed by atoms with Crippen molar-refractivity contribution >= 4 is 42.1 Å². The molecule has 1 atom stereocenters. The molecule has 2 rings (SSSR count). The number of carboxylic acid groups (broad SMARTS) is 1. The van der Waals surface area contributed by atoms with Crippen LogP contribution in [0.25, 0.3) is 0 Å². The predicted molar refractivity (Wildman–Crippen MR) is 123 cm³/mol. The zero-order valence-corrected chi connectivity index (χ0v) is 19.9. The van der Waals surface area contributed by atoms with Crippen molar-refractivity contribution in [1.29, 1.82) is 0 Å². The Morgan fingerprint density at radius 2 is 1.70 bits per heavy atom. The van der Waals surface area contributed by atoms with Crippen LogP contribution in [0.1, 0.15) is 35.3 Å². The highest BCUT2D eigenvalue weighted by Gasteiger charge is 2.25. The van der Waals surface area contributed by atoms with Crippen molar-refractivity contribution in [3.05, 3.63) is 68.8 Å². The minimum Gasteiger partial charge on any atom is -0.480 e. The summed E-state index contributed by atoms with van der Waals surface area (Å²) in [4.78, 5) is 24.2. The van der Waals surface area contributed by atoms with Crippen molar-refractivity contribution < 1.29 is 28.3 Å². The quantitative estimate of drug-likeness (QED) is 0.319. The van der Waals surface area contributed by atoms with Crippen LogP contribution in [0.3, 0.4) is 0 Å². The molecule has 2 N–H and O–H groups in total. The van der Waals surface area contributed by atoms with E-state index in [1.807, 2.05) is 24.3 Å². The number of carboxylic acids is 1. The molecule has 0 radical (unpaired) electrons. The highest BCUT2D eigenvalue weighted by Crippen LogP contribution is 2.51. The summed E-state index contributed by atoms with van der Waals surface area (Å²) in [6.07, 6.45) is 0.281. The van der Waals surface area contributed by atoms with E-state index in [1.165, 1.54) is 0 Å². The van der Waals surface area contributed by atoms with Crippen molar-refractivity contribution in [1.82, 2.24) is 5.32 Å². The normalized spacial score (nSPS) is 12.4. The molecule has 0 saturated heterocycles. The highest BCUT2D eigenvalue weighted by molar-refractivity contribution is 14.1. The second-order valence-corrected chi connectivity index (χ2v) is 9.80. The Labute approximate surface area is 189 Å². The molecule has 30 heavy (non-hydrogen) atoms. The molecule has 0 saturated carbocycles. The number of benzene rings is 2. The number of halogens is 1. The van der Waals surface area contributed by atoms with E-state index in [0.717, 1.165) is 9.13 Å². The summed E-state index contributed by atoms with van der Waals surface area (Å²) in [6.45, 7) is 4.03. The summed E-state index contributed by atoms with van der Waals surface area (Å²) in [5.74, 6) is -1.59. The molecule has 162 valence electrons. The van der Waals surface area contributed by atoms with Crippen molar-refractivity contribution in [2.75, 3.05) is 13.2 Å². The summed E-state index contributed by atoms with van der Waals surface area (Å²) in [5.41, 5.74) is 1.84. The van der Waals surface area contributed by atoms with Crippen LogP contribution in [0.4, 0.5) is 0 Å². The van der Waals surface area contributed by atoms with Gasteiger partial charge in [-0.25, -0.2) is 4.79 Å². The maximum atomic E-state index is 12.6. The Balaban J connectivity index is 2.06. The van der Waals surface area contributed by atoms with Crippen LogP contribution >= 0.6 is 30.2 Å². The second-order valence-electron chi connectivity index (χ2n) is 6.50. The van der Waals surface area contributed by atoms with Crippen LogP contribution < -0.4 is 5.32 Å². The van der Waals surface area contributed by atoms with E-state index < -0.39 is 25.5 Å². The van der Waals surface area contributed by atoms with Crippen molar-refractivity contribution in [3.8, 4) is 0 Å². The number of aliphatic carboxylic acids is 1. The molecule has 1 amide bonds. The molecule has 2 aromatic carbocycles. The Kier molecular flexibility index (Phi) is 9.48. The molecule has 0 aromatic heterocycles. The summed E-state index contributed by atoms with van der Waals surface area (Å²) in [7, 11) is -3.24. The number of nitrogens with one attached hydrogen (secondary N) is 1. The standard InChI is InChI=1S/C21H25INO6P/c1-3-28-30(27,29-4-2)14-15-8-10-17(11-9-15)20(24)23-19(21(25)26)13-16-6-5-7-18(22)12-16/h5-12,19H,3-4,13-14H2,1-2H3,(H,23,24)(H,25,26)/t19-/m0/s1. The fraction of sp³-hybridized carbons (Fsp3) is 0.333. The first-order valence-corrected chi connectivity index (χ1v) is 12.3. The SMILES string of the molecule is CCOP(=O)(Cc1ccc(C(=O)N[C@@H](Cc2cccc(I)c2)C(=O)O)cc1)OCC. The van der Waals surface area contributed by atoms with Gasteiger partial charge in [0, 0.05) is 15.6 Å². The Hall–Kier alpha value is -1.74. The van der Waals surface area contributed by atoms with Crippen LogP contribution in [0.5, 0.6) is 0 Å². The van der Waals surface area contributed by atoms with Crippen LogP contribution in [0, 0.1) is 3.57 Å². The van der Waals surface area contributed by atoms with Crippen molar-refractivity contribution in [3.63, 3.8) is 0 Å². The maximum absolute atomic E-state index is 12.6. The lowest BCUT2D eigenvalue weighted by Gasteiger charge is -2.17. The molecule has 0 fully saturated rings. The number of carbonyl (C=O) groups excluding carboxylic acids is 1. The van der Waals surface area contributed by atoms with Gasteiger partial charge in [0.15, 0.2) is 0 Å². The molecule has 0 aliphatic heterocycles. The van der Waals surface area contributed by atoms with E-state index in [2.05, 4.69) is 27.9 Å². The predicted octanol–water partition coefficient (Wildman–Crippen LogP) is 4.48. The van der Waals surface area contributed by atoms with E-state index in [-0.39, 0.29) is 25.8 Å². The van der Waals surface area contributed by atoms with E-state index in [9.17, 15) is 19.3 Å². The van der Waals surface area contributed by atoms with Gasteiger partial charge in [0.05, 0.1) is 19.4 Å². The first kappa shape index (κ1) is 24.5. The van der Waals surface area contributed by atoms with Gasteiger partial charge in [-0.3, -0.25) is 9.36 Å². The summed E-state index contributed by atoms with van der Waals surface area (Å²) >= 11 is 2.15. The van der Waals surface area contributed by atoms with Gasteiger partial charge in [-0.1, -0.05) is 24.3 Å². The van der Waals surface area contributed by atoms with Crippen LogP contribution in [0.2, 0.25) is 0 Å². The molecule has 0 bridgehead atoms. The van der Waals surface area contributed by atoms with E-state index in [0.29, 0.717) is 11.1 Å². The van der Waals surface area contributed by atoms with E-state index in [4.69, 9.17) is 9.05 Å². The molecule has 0 aliphatic carbocycles. The highest BCUT2D eigenvalue weighted by atomic mass is 127. The monoisotopic (exact) mass is 545 g/mol. The fourth-order valence-electron chi connectivity index (χ4n) is 2.85. The summed E-state index contributed by atoms with van der Waals surface area (Å²) < 4.78 is 24.2. The third-order valence-electron chi connectivity index (χ3n) is 4.18. The zero-order valence-electron chi connectivity index (χ0n) is 16.8. The molecule has 0 spiro atoms. The number of amides is 1. The zero-order chi connectivity index (χ0) is 22.1. The molecular weight excluding hydrogens is 520 g/mol. The summed E-state index contributed by atoms with van der Waals surface area (Å²) in [6, 6.07) is 12.9. The topological polar surface area (TPSA) is 102 Å². The maximum Gasteiger partial charge on any atom is 0.335 e. The number of rotatable bonds is 11. The number of hydrogen-bond acceptors (Lipinski definition) is 5. The minimum atomic E-state index is -3.24. The van der Waals surface area contributed by atoms with Gasteiger partial charge in [-0.2, -0.15) is 0 Å². The fourth-order valence-corrected chi connectivity index (χ4v) is 5.16. The molecular formula is C21H25INO6P. The van der Waals surface area contributed by atoms with E-state index in [1.54, 1.807) is 38.1 Å². The van der Waals surface area contributed by atoms with Crippen molar-refractivity contribution in [2.24, 2.45) is 0 Å². The first-order chi connectivity index (χ1) is 14.3. The lowest BCUT2D eigenvalue weighted by Crippen LogP contribution is -2.42. The Morgan fingerprint density at radius 3 is 2.23 bits per heavy atom. The van der Waals surface area contributed by atoms with Gasteiger partial charge < -0.3 is 19.5 Å². The largest absolute Gasteiger partial charge is 0.480 e. The average Bonchev–Trinajstić information content (AvgIpc) is 2.68. The second kappa shape index (κ2) is 11.6. The van der Waals surface area contributed by atoms with Gasteiger partial charge in [0.25, 0.3) is 5.91 Å². The lowest BCUT2D eigenvalue weighted by atomic mass is 10.1. The van der Waals surface area contributed by atoms with Gasteiger partial charge in [-0.05, 0) is 71.8 Å². The molecule has 0 aliphatic rings. The van der Waals surface area contributed by atoms with Gasteiger partial charge >= 0.3 is 13.6 Å². The lowest BCUT2D eigenvalue weighted by molar-refractivity contribution is -0.139. The van der Waals surface area contributed by atoms with Gasteiger partial charge in [0.2, 0.25) is 0 Å². The molecule has 7 nitrogen and oxygen atoms in total. The van der Waals surface area contributed by atoms with Crippen LogP contribution in [-0.4, -0.2) is 36.2 Å². The average molecular weight is 545 g/mol. The van der Waals surface area contributed by atoms with Gasteiger partial charge in [-0.15, -0.1) is 0 Å². The molecule has 2 aromatic rings. The number of carbonyl (C=O) groups is 2. The van der Waals surface area contributed by atoms with Crippen molar-refractivity contribution in [2.45, 2.75) is 32.5 Å².